The van der Waals surface area contributed by atoms with Crippen molar-refractivity contribution in [2.45, 2.75) is 71.0 Å². The number of carbonyl (C=O) groups is 3. The highest BCUT2D eigenvalue weighted by Gasteiger charge is 2.61. The quantitative estimate of drug-likeness (QED) is 0.578. The van der Waals surface area contributed by atoms with Crippen LogP contribution in [-0.4, -0.2) is 46.6 Å². The molecule has 29 heavy (non-hydrogen) atoms. The third kappa shape index (κ3) is 3.19. The first kappa shape index (κ1) is 20.1. The number of esters is 2. The number of hydrogen-bond acceptors (Lipinski definition) is 6. The summed E-state index contributed by atoms with van der Waals surface area (Å²) in [4.78, 5) is 41.0. The lowest BCUT2D eigenvalue weighted by Crippen LogP contribution is -2.58. The molecule has 0 saturated heterocycles. The Bertz CT molecular complexity index is 870. The SMILES string of the molecule is COC(=O)c1c(C)[nH]c(C(=O)[C@@H](C)OC(=O)C23C[C@@H]4C[C@@H](CC(O)(C4)C2)C3)c1C. The summed E-state index contributed by atoms with van der Waals surface area (Å²) in [6, 6.07) is 0. The van der Waals surface area contributed by atoms with Crippen molar-refractivity contribution in [3.8, 4) is 0 Å². The minimum atomic E-state index is -0.979. The molecule has 4 aliphatic carbocycles. The van der Waals surface area contributed by atoms with Gasteiger partial charge in [0.25, 0.3) is 0 Å². The maximum atomic E-state index is 13.1. The fourth-order valence-corrected chi connectivity index (χ4v) is 6.40. The average molecular weight is 403 g/mol. The predicted molar refractivity (Wildman–Crippen MR) is 104 cm³/mol. The van der Waals surface area contributed by atoms with Gasteiger partial charge in [0.05, 0.1) is 29.4 Å². The van der Waals surface area contributed by atoms with Crippen LogP contribution in [0.3, 0.4) is 0 Å². The fraction of sp³-hybridized carbons (Fsp3) is 0.682. The van der Waals surface area contributed by atoms with E-state index in [1.165, 1.54) is 7.11 Å². The molecule has 0 aliphatic heterocycles. The maximum Gasteiger partial charge on any atom is 0.339 e. The number of ketones is 1. The molecule has 1 heterocycles. The molecule has 2 unspecified atom stereocenters. The molecule has 5 rings (SSSR count). The van der Waals surface area contributed by atoms with Crippen LogP contribution in [0.5, 0.6) is 0 Å². The number of Topliss-reactive ketones (excluding diaryl/α,β-unsaturated/α-hetero) is 1. The number of H-pyrrole nitrogens is 1. The normalized spacial score (nSPS) is 33.4. The summed E-state index contributed by atoms with van der Waals surface area (Å²) >= 11 is 0. The number of rotatable bonds is 5. The maximum absolute atomic E-state index is 13.1. The Morgan fingerprint density at radius 3 is 2.31 bits per heavy atom. The van der Waals surface area contributed by atoms with E-state index in [0.29, 0.717) is 35.1 Å². The topological polar surface area (TPSA) is 106 Å². The Hall–Kier alpha value is -2.15. The average Bonchev–Trinajstić information content (AvgIpc) is 2.92. The lowest BCUT2D eigenvalue weighted by atomic mass is 9.48. The molecule has 4 aliphatic rings. The van der Waals surface area contributed by atoms with Crippen molar-refractivity contribution in [1.82, 2.24) is 4.98 Å². The molecule has 4 saturated carbocycles. The number of aromatic nitrogens is 1. The second kappa shape index (κ2) is 6.69. The number of carbonyl (C=O) groups excluding carboxylic acids is 3. The van der Waals surface area contributed by atoms with Crippen LogP contribution in [0.1, 0.15) is 77.6 Å². The summed E-state index contributed by atoms with van der Waals surface area (Å²) in [5.41, 5.74) is 0.181. The minimum Gasteiger partial charge on any atom is -0.465 e. The molecule has 2 N–H and O–H groups in total. The molecule has 0 amide bonds. The first-order valence-electron chi connectivity index (χ1n) is 10.3. The molecule has 0 spiro atoms. The molecule has 0 radical (unpaired) electrons. The number of ether oxygens (including phenoxy) is 2. The first-order valence-corrected chi connectivity index (χ1v) is 10.3. The van der Waals surface area contributed by atoms with Gasteiger partial charge in [-0.3, -0.25) is 9.59 Å². The number of aliphatic hydroxyl groups is 1. The van der Waals surface area contributed by atoms with E-state index in [-0.39, 0.29) is 17.4 Å². The van der Waals surface area contributed by atoms with Crippen LogP contribution in [0.15, 0.2) is 0 Å². The van der Waals surface area contributed by atoms with Gasteiger partial charge in [-0.25, -0.2) is 4.79 Å². The Labute approximate surface area is 170 Å². The molecular formula is C22H29NO6. The van der Waals surface area contributed by atoms with Crippen LogP contribution in [0.2, 0.25) is 0 Å². The van der Waals surface area contributed by atoms with Crippen LogP contribution in [0, 0.1) is 31.1 Å². The van der Waals surface area contributed by atoms with Gasteiger partial charge in [0.15, 0.2) is 6.10 Å². The van der Waals surface area contributed by atoms with Gasteiger partial charge in [-0.1, -0.05) is 0 Å². The Balaban J connectivity index is 1.51. The molecule has 4 fully saturated rings. The number of hydrogen-bond donors (Lipinski definition) is 2. The summed E-state index contributed by atoms with van der Waals surface area (Å²) in [6.45, 7) is 4.93. The Kier molecular flexibility index (Phi) is 4.64. The molecular weight excluding hydrogens is 374 g/mol. The largest absolute Gasteiger partial charge is 0.465 e. The number of aryl methyl sites for hydroxylation is 1. The second-order valence-electron chi connectivity index (χ2n) is 9.49. The van der Waals surface area contributed by atoms with E-state index in [4.69, 9.17) is 9.47 Å². The lowest BCUT2D eigenvalue weighted by molar-refractivity contribution is -0.198. The van der Waals surface area contributed by atoms with Crippen molar-refractivity contribution in [2.24, 2.45) is 17.3 Å². The molecule has 4 bridgehead atoms. The minimum absolute atomic E-state index is 0.257. The van der Waals surface area contributed by atoms with Gasteiger partial charge in [-0.15, -0.1) is 0 Å². The highest BCUT2D eigenvalue weighted by atomic mass is 16.5. The molecule has 1 aromatic rings. The van der Waals surface area contributed by atoms with E-state index in [2.05, 4.69) is 4.98 Å². The van der Waals surface area contributed by atoms with Gasteiger partial charge >= 0.3 is 11.9 Å². The van der Waals surface area contributed by atoms with Crippen molar-refractivity contribution < 1.29 is 29.0 Å². The number of aromatic amines is 1. The second-order valence-corrected chi connectivity index (χ2v) is 9.49. The Morgan fingerprint density at radius 1 is 1.14 bits per heavy atom. The van der Waals surface area contributed by atoms with E-state index in [0.717, 1.165) is 32.1 Å². The number of methoxy groups -OCH3 is 1. The van der Waals surface area contributed by atoms with Gasteiger partial charge in [-0.2, -0.15) is 0 Å². The van der Waals surface area contributed by atoms with Crippen molar-refractivity contribution in [2.75, 3.05) is 7.11 Å². The van der Waals surface area contributed by atoms with Crippen molar-refractivity contribution >= 4 is 17.7 Å². The zero-order valence-electron chi connectivity index (χ0n) is 17.5. The van der Waals surface area contributed by atoms with Gasteiger partial charge in [0.1, 0.15) is 0 Å². The molecule has 158 valence electrons. The van der Waals surface area contributed by atoms with Crippen molar-refractivity contribution in [3.63, 3.8) is 0 Å². The first-order chi connectivity index (χ1) is 13.6. The van der Waals surface area contributed by atoms with E-state index in [9.17, 15) is 19.5 Å². The van der Waals surface area contributed by atoms with Gasteiger partial charge in [0.2, 0.25) is 5.78 Å². The summed E-state index contributed by atoms with van der Waals surface area (Å²) < 4.78 is 10.4. The summed E-state index contributed by atoms with van der Waals surface area (Å²) in [6.07, 6.45) is 3.53. The smallest absolute Gasteiger partial charge is 0.339 e. The van der Waals surface area contributed by atoms with Crippen LogP contribution in [0.25, 0.3) is 0 Å². The predicted octanol–water partition coefficient (Wildman–Crippen LogP) is 2.86. The zero-order valence-corrected chi connectivity index (χ0v) is 17.5. The van der Waals surface area contributed by atoms with E-state index in [1.807, 2.05) is 0 Å². The summed E-state index contributed by atoms with van der Waals surface area (Å²) in [7, 11) is 1.29. The standard InChI is InChI=1S/C22H29NO6/c1-11-16(19(25)28-4)12(2)23-17(11)18(24)13(3)29-20(26)21-6-14-5-15(7-21)9-22(27,8-14)10-21/h13-15,23,27H,5-10H2,1-4H3/t13-,14-,15+,21?,22?/m1/s1. The summed E-state index contributed by atoms with van der Waals surface area (Å²) in [5, 5.41) is 10.9. The fourth-order valence-electron chi connectivity index (χ4n) is 6.40. The lowest BCUT2D eigenvalue weighted by Gasteiger charge is -2.58. The van der Waals surface area contributed by atoms with E-state index >= 15 is 0 Å². The molecule has 1 aromatic heterocycles. The van der Waals surface area contributed by atoms with Crippen molar-refractivity contribution in [3.05, 3.63) is 22.5 Å². The van der Waals surface area contributed by atoms with Crippen LogP contribution in [-0.2, 0) is 14.3 Å². The zero-order chi connectivity index (χ0) is 21.1. The molecule has 7 nitrogen and oxygen atoms in total. The van der Waals surface area contributed by atoms with Crippen LogP contribution < -0.4 is 0 Å². The van der Waals surface area contributed by atoms with Gasteiger partial charge < -0.3 is 19.6 Å². The van der Waals surface area contributed by atoms with Gasteiger partial charge in [-0.05, 0) is 76.7 Å². The van der Waals surface area contributed by atoms with Crippen LogP contribution in [0.4, 0.5) is 0 Å². The van der Waals surface area contributed by atoms with E-state index < -0.39 is 23.1 Å². The number of nitrogens with one attached hydrogen (secondary N) is 1. The monoisotopic (exact) mass is 403 g/mol. The van der Waals surface area contributed by atoms with Crippen molar-refractivity contribution in [1.29, 1.82) is 0 Å². The van der Waals surface area contributed by atoms with Gasteiger partial charge in [0, 0.05) is 5.69 Å². The highest BCUT2D eigenvalue weighted by Crippen LogP contribution is 2.62. The molecule has 0 aromatic carbocycles. The molecule has 5 atom stereocenters. The Morgan fingerprint density at radius 2 is 1.76 bits per heavy atom. The molecule has 7 heteroatoms. The van der Waals surface area contributed by atoms with Crippen LogP contribution >= 0.6 is 0 Å². The van der Waals surface area contributed by atoms with E-state index in [1.54, 1.807) is 20.8 Å². The third-order valence-corrected chi connectivity index (χ3v) is 7.19. The summed E-state index contributed by atoms with van der Waals surface area (Å²) in [5.74, 6) is -0.550. The third-order valence-electron chi connectivity index (χ3n) is 7.19. The highest BCUT2D eigenvalue weighted by molar-refractivity contribution is 6.04.